The molecule has 3 rings (SSSR count). The zero-order valence-electron chi connectivity index (χ0n) is 11.9. The molecule has 1 aliphatic rings. The van der Waals surface area contributed by atoms with Gasteiger partial charge in [-0.1, -0.05) is 43.0 Å². The maximum atomic E-state index is 6.01. The first-order chi connectivity index (χ1) is 9.81. The highest BCUT2D eigenvalue weighted by Gasteiger charge is 2.13. The van der Waals surface area contributed by atoms with Crippen molar-refractivity contribution in [3.05, 3.63) is 47.2 Å². The minimum absolute atomic E-state index is 0. The third-order valence-electron chi connectivity index (χ3n) is 3.94. The van der Waals surface area contributed by atoms with Crippen LogP contribution in [0.1, 0.15) is 37.9 Å². The second-order valence-electron chi connectivity index (χ2n) is 5.49. The molecule has 1 aromatic carbocycles. The molecule has 0 bridgehead atoms. The number of benzene rings is 1. The van der Waals surface area contributed by atoms with E-state index in [4.69, 9.17) is 16.0 Å². The van der Waals surface area contributed by atoms with Crippen LogP contribution in [0.25, 0.3) is 11.3 Å². The van der Waals surface area contributed by atoms with E-state index in [2.05, 4.69) is 5.32 Å². The van der Waals surface area contributed by atoms with Crippen molar-refractivity contribution in [2.24, 2.45) is 0 Å². The molecule has 1 N–H and O–H groups in total. The van der Waals surface area contributed by atoms with Gasteiger partial charge in [0.2, 0.25) is 0 Å². The molecule has 0 amide bonds. The van der Waals surface area contributed by atoms with Crippen LogP contribution in [-0.4, -0.2) is 6.04 Å². The number of rotatable bonds is 4. The average Bonchev–Trinajstić information content (AvgIpc) is 2.95. The predicted octanol–water partition coefficient (Wildman–Crippen LogP) is 2.03. The highest BCUT2D eigenvalue weighted by Crippen LogP contribution is 2.25. The van der Waals surface area contributed by atoms with Crippen molar-refractivity contribution in [2.45, 2.75) is 44.7 Å². The Labute approximate surface area is 137 Å². The number of furan rings is 1. The van der Waals surface area contributed by atoms with E-state index in [0.29, 0.717) is 6.04 Å². The molecule has 0 unspecified atom stereocenters. The molecule has 1 saturated carbocycles. The summed E-state index contributed by atoms with van der Waals surface area (Å²) in [6.45, 7) is 0.811. The first-order valence-corrected chi connectivity index (χ1v) is 7.77. The van der Waals surface area contributed by atoms with Gasteiger partial charge in [0.25, 0.3) is 0 Å². The van der Waals surface area contributed by atoms with Gasteiger partial charge in [0, 0.05) is 16.6 Å². The second-order valence-corrected chi connectivity index (χ2v) is 5.93. The smallest absolute Gasteiger partial charge is 0.134 e. The van der Waals surface area contributed by atoms with Gasteiger partial charge in [-0.15, -0.1) is 0 Å². The van der Waals surface area contributed by atoms with E-state index in [1.54, 1.807) is 0 Å². The summed E-state index contributed by atoms with van der Waals surface area (Å²) < 4.78 is 5.89. The molecule has 0 radical (unpaired) electrons. The van der Waals surface area contributed by atoms with Crippen molar-refractivity contribution in [3.63, 3.8) is 0 Å². The Hall–Kier alpha value is -0.960. The molecule has 2 aromatic rings. The van der Waals surface area contributed by atoms with E-state index < -0.39 is 0 Å². The van der Waals surface area contributed by atoms with Crippen LogP contribution in [0.5, 0.6) is 0 Å². The normalized spacial score (nSPS) is 15.7. The number of nitrogens with one attached hydrogen (secondary N) is 1. The number of halogens is 2. The van der Waals surface area contributed by atoms with Crippen LogP contribution in [0.4, 0.5) is 0 Å². The highest BCUT2D eigenvalue weighted by atomic mass is 35.5. The summed E-state index contributed by atoms with van der Waals surface area (Å²) in [4.78, 5) is 0. The fraction of sp³-hybridized carbons (Fsp3) is 0.412. The molecular formula is C17H20Cl2NO-. The van der Waals surface area contributed by atoms with Crippen LogP contribution < -0.4 is 17.7 Å². The first-order valence-electron chi connectivity index (χ1n) is 7.39. The second kappa shape index (κ2) is 7.88. The quantitative estimate of drug-likeness (QED) is 0.930. The number of hydrogen-bond acceptors (Lipinski definition) is 2. The lowest BCUT2D eigenvalue weighted by Gasteiger charge is -2.22. The lowest BCUT2D eigenvalue weighted by molar-refractivity contribution is -0.00000458. The van der Waals surface area contributed by atoms with Gasteiger partial charge in [0.15, 0.2) is 0 Å². The van der Waals surface area contributed by atoms with Crippen LogP contribution in [0.15, 0.2) is 40.8 Å². The Morgan fingerprint density at radius 2 is 1.90 bits per heavy atom. The summed E-state index contributed by atoms with van der Waals surface area (Å²) >= 11 is 6.01. The fourth-order valence-corrected chi connectivity index (χ4v) is 3.01. The third kappa shape index (κ3) is 4.50. The van der Waals surface area contributed by atoms with E-state index >= 15 is 0 Å². The third-order valence-corrected chi connectivity index (χ3v) is 4.18. The van der Waals surface area contributed by atoms with E-state index in [9.17, 15) is 0 Å². The monoisotopic (exact) mass is 324 g/mol. The van der Waals surface area contributed by atoms with Crippen molar-refractivity contribution in [2.75, 3.05) is 0 Å². The Balaban J connectivity index is 0.00000161. The standard InChI is InChI=1S/C17H20ClNO.ClH/c18-14-6-4-5-13(11-14)17-10-9-16(20-17)12-19-15-7-2-1-3-8-15;/h4-6,9-11,15,19H,1-3,7-8,12H2;1H/p-1. The van der Waals surface area contributed by atoms with Crippen LogP contribution in [0.3, 0.4) is 0 Å². The molecule has 1 fully saturated rings. The summed E-state index contributed by atoms with van der Waals surface area (Å²) in [6, 6.07) is 12.5. The Bertz CT molecular complexity index is 561. The summed E-state index contributed by atoms with van der Waals surface area (Å²) in [5.74, 6) is 1.87. The number of hydrogen-bond donors (Lipinski definition) is 1. The predicted molar refractivity (Wildman–Crippen MR) is 82.9 cm³/mol. The summed E-state index contributed by atoms with van der Waals surface area (Å²) in [5, 5.41) is 4.33. The fourth-order valence-electron chi connectivity index (χ4n) is 2.82. The SMILES string of the molecule is Clc1cccc(-c2ccc(CNC3CCCCC3)o2)c1.[Cl-]. The lowest BCUT2D eigenvalue weighted by atomic mass is 9.95. The van der Waals surface area contributed by atoms with Crippen molar-refractivity contribution in [3.8, 4) is 11.3 Å². The average molecular weight is 325 g/mol. The van der Waals surface area contributed by atoms with Gasteiger partial charge in [-0.2, -0.15) is 0 Å². The van der Waals surface area contributed by atoms with Crippen molar-refractivity contribution in [1.82, 2.24) is 5.32 Å². The zero-order chi connectivity index (χ0) is 13.8. The van der Waals surface area contributed by atoms with Crippen LogP contribution in [0, 0.1) is 0 Å². The van der Waals surface area contributed by atoms with Gasteiger partial charge in [-0.25, -0.2) is 0 Å². The molecule has 21 heavy (non-hydrogen) atoms. The molecule has 114 valence electrons. The molecule has 1 heterocycles. The molecule has 0 atom stereocenters. The van der Waals surface area contributed by atoms with Gasteiger partial charge in [-0.3, -0.25) is 0 Å². The van der Waals surface area contributed by atoms with Gasteiger partial charge in [0.05, 0.1) is 6.54 Å². The van der Waals surface area contributed by atoms with Crippen LogP contribution >= 0.6 is 11.6 Å². The van der Waals surface area contributed by atoms with E-state index in [1.165, 1.54) is 32.1 Å². The van der Waals surface area contributed by atoms with E-state index in [-0.39, 0.29) is 12.4 Å². The maximum absolute atomic E-state index is 6.01. The Kier molecular flexibility index (Phi) is 6.16. The minimum atomic E-state index is 0. The summed E-state index contributed by atoms with van der Waals surface area (Å²) in [6.07, 6.45) is 6.68. The van der Waals surface area contributed by atoms with E-state index in [1.807, 2.05) is 36.4 Å². The molecule has 2 nitrogen and oxygen atoms in total. The Morgan fingerprint density at radius 1 is 1.10 bits per heavy atom. The first kappa shape index (κ1) is 16.4. The molecule has 0 saturated heterocycles. The van der Waals surface area contributed by atoms with Gasteiger partial charge >= 0.3 is 0 Å². The highest BCUT2D eigenvalue weighted by molar-refractivity contribution is 6.30. The zero-order valence-corrected chi connectivity index (χ0v) is 13.5. The lowest BCUT2D eigenvalue weighted by Crippen LogP contribution is -3.00. The van der Waals surface area contributed by atoms with Crippen LogP contribution in [0.2, 0.25) is 5.02 Å². The molecular weight excluding hydrogens is 305 g/mol. The van der Waals surface area contributed by atoms with Crippen molar-refractivity contribution < 1.29 is 16.8 Å². The molecule has 0 spiro atoms. The van der Waals surface area contributed by atoms with Crippen LogP contribution in [-0.2, 0) is 6.54 Å². The summed E-state index contributed by atoms with van der Waals surface area (Å²) in [7, 11) is 0. The van der Waals surface area contributed by atoms with Crippen molar-refractivity contribution >= 4 is 11.6 Å². The Morgan fingerprint density at radius 3 is 2.67 bits per heavy atom. The minimum Gasteiger partial charge on any atom is -1.00 e. The maximum Gasteiger partial charge on any atom is 0.134 e. The van der Waals surface area contributed by atoms with Gasteiger partial charge in [0.1, 0.15) is 11.5 Å². The van der Waals surface area contributed by atoms with E-state index in [0.717, 1.165) is 28.7 Å². The van der Waals surface area contributed by atoms with Gasteiger partial charge < -0.3 is 22.1 Å². The molecule has 4 heteroatoms. The molecule has 0 aliphatic heterocycles. The van der Waals surface area contributed by atoms with Gasteiger partial charge in [-0.05, 0) is 37.1 Å². The largest absolute Gasteiger partial charge is 1.00 e. The van der Waals surface area contributed by atoms with Crippen molar-refractivity contribution in [1.29, 1.82) is 0 Å². The molecule has 1 aliphatic carbocycles. The summed E-state index contributed by atoms with van der Waals surface area (Å²) in [5.41, 5.74) is 1.03. The molecule has 1 aromatic heterocycles. The topological polar surface area (TPSA) is 25.2 Å².